The van der Waals surface area contributed by atoms with E-state index in [1.807, 2.05) is 38.6 Å². The van der Waals surface area contributed by atoms with Crippen molar-refractivity contribution in [2.45, 2.75) is 58.7 Å². The minimum Gasteiger partial charge on any atom is -0.444 e. The van der Waals surface area contributed by atoms with Crippen molar-refractivity contribution in [2.75, 3.05) is 6.54 Å². The Morgan fingerprint density at radius 2 is 2.14 bits per heavy atom. The molecule has 0 bridgehead atoms. The Labute approximate surface area is 127 Å². The molecule has 21 heavy (non-hydrogen) atoms. The largest absolute Gasteiger partial charge is 0.444 e. The van der Waals surface area contributed by atoms with Crippen molar-refractivity contribution >= 4 is 6.09 Å². The first-order valence-electron chi connectivity index (χ1n) is 7.43. The highest BCUT2D eigenvalue weighted by Gasteiger charge is 2.18. The van der Waals surface area contributed by atoms with Gasteiger partial charge in [0.05, 0.1) is 6.04 Å². The lowest BCUT2D eigenvalue weighted by molar-refractivity contribution is 0.0521. The summed E-state index contributed by atoms with van der Waals surface area (Å²) < 4.78 is 7.23. The van der Waals surface area contributed by atoms with Crippen molar-refractivity contribution in [2.24, 2.45) is 7.05 Å². The number of nitrogens with one attached hydrogen (secondary N) is 2. The molecule has 1 aromatic rings. The van der Waals surface area contributed by atoms with E-state index in [1.54, 1.807) is 6.20 Å². The van der Waals surface area contributed by atoms with Crippen LogP contribution in [0.3, 0.4) is 0 Å². The van der Waals surface area contributed by atoms with E-state index < -0.39 is 5.60 Å². The normalized spacial score (nSPS) is 14.6. The Bertz CT molecular complexity index is 451. The first-order chi connectivity index (χ1) is 9.73. The molecule has 0 aliphatic carbocycles. The standard InChI is InChI=1S/C15H28N4O2/c1-7-12(10-17-14(20)21-15(3,4)5)18-11(2)13-16-8-9-19(13)6/h8-9,11-12,18H,7,10H2,1-6H3,(H,17,20). The van der Waals surface area contributed by atoms with E-state index in [0.717, 1.165) is 12.2 Å². The number of imidazole rings is 1. The molecule has 0 aromatic carbocycles. The van der Waals surface area contributed by atoms with Gasteiger partial charge in [-0.3, -0.25) is 0 Å². The summed E-state index contributed by atoms with van der Waals surface area (Å²) in [6.45, 7) is 10.2. The van der Waals surface area contributed by atoms with E-state index in [1.165, 1.54) is 0 Å². The van der Waals surface area contributed by atoms with Crippen LogP contribution in [0.1, 0.15) is 52.9 Å². The van der Waals surface area contributed by atoms with Crippen LogP contribution in [0.2, 0.25) is 0 Å². The smallest absolute Gasteiger partial charge is 0.407 e. The quantitative estimate of drug-likeness (QED) is 0.845. The third-order valence-corrected chi connectivity index (χ3v) is 3.12. The molecule has 6 heteroatoms. The number of nitrogens with zero attached hydrogens (tertiary/aromatic N) is 2. The van der Waals surface area contributed by atoms with Crippen LogP contribution >= 0.6 is 0 Å². The number of aryl methyl sites for hydroxylation is 1. The minimum absolute atomic E-state index is 0.121. The fraction of sp³-hybridized carbons (Fsp3) is 0.733. The van der Waals surface area contributed by atoms with Crippen molar-refractivity contribution in [3.8, 4) is 0 Å². The Morgan fingerprint density at radius 1 is 1.48 bits per heavy atom. The second-order valence-electron chi connectivity index (χ2n) is 6.27. The first-order valence-corrected chi connectivity index (χ1v) is 7.43. The second-order valence-corrected chi connectivity index (χ2v) is 6.27. The lowest BCUT2D eigenvalue weighted by Crippen LogP contribution is -2.43. The zero-order chi connectivity index (χ0) is 16.0. The van der Waals surface area contributed by atoms with Gasteiger partial charge in [0.2, 0.25) is 0 Å². The maximum absolute atomic E-state index is 11.7. The van der Waals surface area contributed by atoms with Gasteiger partial charge in [-0.1, -0.05) is 6.92 Å². The van der Waals surface area contributed by atoms with E-state index in [-0.39, 0.29) is 18.2 Å². The molecule has 120 valence electrons. The average molecular weight is 296 g/mol. The van der Waals surface area contributed by atoms with Crippen LogP contribution in [0.4, 0.5) is 4.79 Å². The second kappa shape index (κ2) is 7.45. The van der Waals surface area contributed by atoms with Gasteiger partial charge in [0, 0.05) is 32.0 Å². The highest BCUT2D eigenvalue weighted by molar-refractivity contribution is 5.67. The lowest BCUT2D eigenvalue weighted by atomic mass is 10.2. The monoisotopic (exact) mass is 296 g/mol. The minimum atomic E-state index is -0.473. The van der Waals surface area contributed by atoms with Gasteiger partial charge in [-0.2, -0.15) is 0 Å². The van der Waals surface area contributed by atoms with Crippen LogP contribution in [-0.2, 0) is 11.8 Å². The number of ether oxygens (including phenoxy) is 1. The van der Waals surface area contributed by atoms with E-state index in [2.05, 4.69) is 29.5 Å². The fourth-order valence-corrected chi connectivity index (χ4v) is 2.06. The zero-order valence-electron chi connectivity index (χ0n) is 13.9. The van der Waals surface area contributed by atoms with Gasteiger partial charge in [0.25, 0.3) is 0 Å². The van der Waals surface area contributed by atoms with Crippen LogP contribution in [0.25, 0.3) is 0 Å². The van der Waals surface area contributed by atoms with Crippen molar-refractivity contribution in [1.29, 1.82) is 0 Å². The van der Waals surface area contributed by atoms with E-state index in [9.17, 15) is 4.79 Å². The summed E-state index contributed by atoms with van der Waals surface area (Å²) in [5, 5.41) is 6.28. The lowest BCUT2D eigenvalue weighted by Gasteiger charge is -2.24. The Kier molecular flexibility index (Phi) is 6.20. The predicted molar refractivity (Wildman–Crippen MR) is 83.1 cm³/mol. The highest BCUT2D eigenvalue weighted by Crippen LogP contribution is 2.10. The van der Waals surface area contributed by atoms with Crippen molar-refractivity contribution < 1.29 is 9.53 Å². The number of rotatable bonds is 6. The number of alkyl carbamates (subject to hydrolysis) is 1. The molecular weight excluding hydrogens is 268 g/mol. The molecule has 0 radical (unpaired) electrons. The number of carbonyl (C=O) groups excluding carboxylic acids is 1. The molecular formula is C15H28N4O2. The maximum atomic E-state index is 11.7. The highest BCUT2D eigenvalue weighted by atomic mass is 16.6. The number of amides is 1. The van der Waals surface area contributed by atoms with Gasteiger partial charge in [-0.15, -0.1) is 0 Å². The Hall–Kier alpha value is -1.56. The van der Waals surface area contributed by atoms with Gasteiger partial charge in [0.1, 0.15) is 11.4 Å². The molecule has 0 fully saturated rings. The fourth-order valence-electron chi connectivity index (χ4n) is 2.06. The number of hydrogen-bond donors (Lipinski definition) is 2. The van der Waals surface area contributed by atoms with Crippen LogP contribution in [0.5, 0.6) is 0 Å². The Balaban J connectivity index is 2.45. The summed E-state index contributed by atoms with van der Waals surface area (Å²) in [7, 11) is 1.97. The first kappa shape index (κ1) is 17.5. The number of hydrogen-bond acceptors (Lipinski definition) is 4. The van der Waals surface area contributed by atoms with Crippen molar-refractivity contribution in [3.05, 3.63) is 18.2 Å². The summed E-state index contributed by atoms with van der Waals surface area (Å²) >= 11 is 0. The van der Waals surface area contributed by atoms with Crippen LogP contribution in [0.15, 0.2) is 12.4 Å². The van der Waals surface area contributed by atoms with Crippen molar-refractivity contribution in [1.82, 2.24) is 20.2 Å². The molecule has 2 unspecified atom stereocenters. The third kappa shape index (κ3) is 6.16. The van der Waals surface area contributed by atoms with Gasteiger partial charge in [0.15, 0.2) is 0 Å². The summed E-state index contributed by atoms with van der Waals surface area (Å²) in [4.78, 5) is 16.0. The van der Waals surface area contributed by atoms with E-state index >= 15 is 0 Å². The SMILES string of the molecule is CCC(CNC(=O)OC(C)(C)C)NC(C)c1nccn1C. The van der Waals surface area contributed by atoms with Gasteiger partial charge >= 0.3 is 6.09 Å². The molecule has 0 spiro atoms. The van der Waals surface area contributed by atoms with Gasteiger partial charge < -0.3 is 19.9 Å². The molecule has 0 aliphatic rings. The zero-order valence-corrected chi connectivity index (χ0v) is 13.9. The molecule has 6 nitrogen and oxygen atoms in total. The van der Waals surface area contributed by atoms with Gasteiger partial charge in [-0.25, -0.2) is 9.78 Å². The third-order valence-electron chi connectivity index (χ3n) is 3.12. The topological polar surface area (TPSA) is 68.2 Å². The molecule has 1 heterocycles. The summed E-state index contributed by atoms with van der Waals surface area (Å²) in [6, 6.07) is 0.291. The van der Waals surface area contributed by atoms with Crippen LogP contribution in [-0.4, -0.2) is 33.8 Å². The molecule has 1 amide bonds. The molecule has 0 aliphatic heterocycles. The maximum Gasteiger partial charge on any atom is 0.407 e. The predicted octanol–water partition coefficient (Wildman–Crippen LogP) is 2.37. The van der Waals surface area contributed by atoms with Crippen molar-refractivity contribution in [3.63, 3.8) is 0 Å². The van der Waals surface area contributed by atoms with Gasteiger partial charge in [-0.05, 0) is 34.1 Å². The average Bonchev–Trinajstić information content (AvgIpc) is 2.78. The molecule has 1 aromatic heterocycles. The molecule has 2 atom stereocenters. The summed E-state index contributed by atoms with van der Waals surface area (Å²) in [5.74, 6) is 0.978. The Morgan fingerprint density at radius 3 is 2.62 bits per heavy atom. The van der Waals surface area contributed by atoms with E-state index in [4.69, 9.17) is 4.74 Å². The van der Waals surface area contributed by atoms with Crippen LogP contribution in [0, 0.1) is 0 Å². The molecule has 0 saturated heterocycles. The van der Waals surface area contributed by atoms with E-state index in [0.29, 0.717) is 6.54 Å². The summed E-state index contributed by atoms with van der Waals surface area (Å²) in [6.07, 6.45) is 4.23. The van der Waals surface area contributed by atoms with Crippen LogP contribution < -0.4 is 10.6 Å². The number of carbonyl (C=O) groups is 1. The number of aromatic nitrogens is 2. The summed E-state index contributed by atoms with van der Waals surface area (Å²) in [5.41, 5.74) is -0.473. The molecule has 2 N–H and O–H groups in total. The molecule has 0 saturated carbocycles. The molecule has 1 rings (SSSR count).